The number of pyridine rings is 1. The number of halogens is 1. The molecule has 3 atom stereocenters. The van der Waals surface area contributed by atoms with E-state index in [9.17, 15) is 0 Å². The number of alkyl halides is 1. The first-order chi connectivity index (χ1) is 10.1. The van der Waals surface area contributed by atoms with Gasteiger partial charge < -0.3 is 9.30 Å². The molecule has 0 amide bonds. The van der Waals surface area contributed by atoms with Crippen LogP contribution in [0.1, 0.15) is 56.8 Å². The summed E-state index contributed by atoms with van der Waals surface area (Å²) in [5, 5.41) is -0.126. The van der Waals surface area contributed by atoms with E-state index in [0.29, 0.717) is 17.8 Å². The Morgan fingerprint density at radius 1 is 1.29 bits per heavy atom. The molecule has 1 aliphatic rings. The lowest BCUT2D eigenvalue weighted by Crippen LogP contribution is -2.23. The molecule has 1 aliphatic carbocycles. The summed E-state index contributed by atoms with van der Waals surface area (Å²) in [5.74, 6) is 2.17. The van der Waals surface area contributed by atoms with Gasteiger partial charge in [0.25, 0.3) is 0 Å². The molecule has 0 spiro atoms. The molecule has 0 bridgehead atoms. The van der Waals surface area contributed by atoms with Crippen LogP contribution in [0.25, 0.3) is 11.2 Å². The lowest BCUT2D eigenvalue weighted by atomic mass is 9.85. The van der Waals surface area contributed by atoms with Crippen LogP contribution in [0.15, 0.2) is 12.1 Å². The van der Waals surface area contributed by atoms with Gasteiger partial charge in [-0.25, -0.2) is 4.98 Å². The molecular formula is C16H22ClN3O. The summed E-state index contributed by atoms with van der Waals surface area (Å²) in [6, 6.07) is 4.25. The Hall–Kier alpha value is -1.29. The maximum Gasteiger partial charge on any atom is 0.215 e. The van der Waals surface area contributed by atoms with Crippen molar-refractivity contribution in [3.63, 3.8) is 0 Å². The van der Waals surface area contributed by atoms with Crippen molar-refractivity contribution in [2.45, 2.75) is 50.9 Å². The molecule has 1 fully saturated rings. The molecule has 2 aromatic rings. The second-order valence-electron chi connectivity index (χ2n) is 5.98. The first-order valence-electron chi connectivity index (χ1n) is 7.68. The molecule has 0 radical (unpaired) electrons. The van der Waals surface area contributed by atoms with Gasteiger partial charge in [-0.1, -0.05) is 19.8 Å². The molecule has 0 saturated heterocycles. The molecule has 3 unspecified atom stereocenters. The SMILES string of the molecule is COc1ccc2nc(C(C)Cl)n(C3CCCCC3C)c2n1. The summed E-state index contributed by atoms with van der Waals surface area (Å²) in [7, 11) is 1.64. The van der Waals surface area contributed by atoms with Gasteiger partial charge in [0.1, 0.15) is 11.3 Å². The van der Waals surface area contributed by atoms with Gasteiger partial charge >= 0.3 is 0 Å². The monoisotopic (exact) mass is 307 g/mol. The average Bonchev–Trinajstić information content (AvgIpc) is 2.86. The minimum absolute atomic E-state index is 0.126. The van der Waals surface area contributed by atoms with Gasteiger partial charge in [-0.05, 0) is 31.7 Å². The topological polar surface area (TPSA) is 39.9 Å². The predicted octanol–water partition coefficient (Wildman–Crippen LogP) is 4.49. The van der Waals surface area contributed by atoms with E-state index < -0.39 is 0 Å². The fourth-order valence-electron chi connectivity index (χ4n) is 3.38. The Labute approximate surface area is 130 Å². The number of hydrogen-bond donors (Lipinski definition) is 0. The van der Waals surface area contributed by atoms with Crippen LogP contribution >= 0.6 is 11.6 Å². The van der Waals surface area contributed by atoms with E-state index in [1.807, 2.05) is 19.1 Å². The van der Waals surface area contributed by atoms with E-state index in [1.54, 1.807) is 7.11 Å². The summed E-state index contributed by atoms with van der Waals surface area (Å²) < 4.78 is 7.54. The molecule has 0 N–H and O–H groups in total. The Kier molecular flexibility index (Phi) is 4.07. The minimum atomic E-state index is -0.126. The summed E-state index contributed by atoms with van der Waals surface area (Å²) in [5.41, 5.74) is 1.80. The summed E-state index contributed by atoms with van der Waals surface area (Å²) >= 11 is 6.38. The number of ether oxygens (including phenoxy) is 1. The van der Waals surface area contributed by atoms with Crippen molar-refractivity contribution in [2.75, 3.05) is 7.11 Å². The van der Waals surface area contributed by atoms with Crippen LogP contribution in [0.4, 0.5) is 0 Å². The molecule has 0 aliphatic heterocycles. The second-order valence-corrected chi connectivity index (χ2v) is 6.64. The zero-order valence-corrected chi connectivity index (χ0v) is 13.6. The Morgan fingerprint density at radius 3 is 2.71 bits per heavy atom. The normalized spacial score (nSPS) is 24.2. The third-order valence-electron chi connectivity index (χ3n) is 4.50. The van der Waals surface area contributed by atoms with Crippen LogP contribution < -0.4 is 4.74 Å². The Balaban J connectivity index is 2.18. The lowest BCUT2D eigenvalue weighted by molar-refractivity contribution is 0.256. The van der Waals surface area contributed by atoms with Gasteiger partial charge in [-0.3, -0.25) is 0 Å². The first-order valence-corrected chi connectivity index (χ1v) is 8.12. The van der Waals surface area contributed by atoms with Crippen molar-refractivity contribution in [1.29, 1.82) is 0 Å². The van der Waals surface area contributed by atoms with E-state index in [-0.39, 0.29) is 5.38 Å². The maximum absolute atomic E-state index is 6.38. The summed E-state index contributed by atoms with van der Waals surface area (Å²) in [4.78, 5) is 9.34. The largest absolute Gasteiger partial charge is 0.481 e. The van der Waals surface area contributed by atoms with Crippen LogP contribution in [-0.2, 0) is 0 Å². The van der Waals surface area contributed by atoms with Crippen LogP contribution in [0.2, 0.25) is 0 Å². The van der Waals surface area contributed by atoms with Crippen molar-refractivity contribution in [2.24, 2.45) is 5.92 Å². The minimum Gasteiger partial charge on any atom is -0.481 e. The number of hydrogen-bond acceptors (Lipinski definition) is 3. The number of nitrogens with zero attached hydrogens (tertiary/aromatic N) is 3. The molecule has 21 heavy (non-hydrogen) atoms. The second kappa shape index (κ2) is 5.84. The molecule has 5 heteroatoms. The first kappa shape index (κ1) is 14.6. The fraction of sp³-hybridized carbons (Fsp3) is 0.625. The smallest absolute Gasteiger partial charge is 0.215 e. The lowest BCUT2D eigenvalue weighted by Gasteiger charge is -2.31. The highest BCUT2D eigenvalue weighted by Crippen LogP contribution is 2.38. The van der Waals surface area contributed by atoms with Gasteiger partial charge in [0.05, 0.1) is 12.5 Å². The molecule has 114 valence electrons. The molecule has 2 aromatic heterocycles. The molecular weight excluding hydrogens is 286 g/mol. The maximum atomic E-state index is 6.38. The van der Waals surface area contributed by atoms with Crippen molar-refractivity contribution in [3.8, 4) is 5.88 Å². The van der Waals surface area contributed by atoms with Crippen LogP contribution in [-0.4, -0.2) is 21.6 Å². The zero-order valence-electron chi connectivity index (χ0n) is 12.8. The number of rotatable bonds is 3. The van der Waals surface area contributed by atoms with Crippen molar-refractivity contribution in [3.05, 3.63) is 18.0 Å². The molecule has 3 rings (SSSR count). The van der Waals surface area contributed by atoms with Gasteiger partial charge in [-0.15, -0.1) is 11.6 Å². The fourth-order valence-corrected chi connectivity index (χ4v) is 3.53. The zero-order chi connectivity index (χ0) is 15.0. The van der Waals surface area contributed by atoms with Gasteiger partial charge in [0.2, 0.25) is 5.88 Å². The van der Waals surface area contributed by atoms with E-state index in [4.69, 9.17) is 21.3 Å². The predicted molar refractivity (Wildman–Crippen MR) is 85.0 cm³/mol. The van der Waals surface area contributed by atoms with Crippen molar-refractivity contribution in [1.82, 2.24) is 14.5 Å². The van der Waals surface area contributed by atoms with Crippen LogP contribution in [0, 0.1) is 5.92 Å². The molecule has 1 saturated carbocycles. The van der Waals surface area contributed by atoms with E-state index >= 15 is 0 Å². The molecule has 4 nitrogen and oxygen atoms in total. The van der Waals surface area contributed by atoms with Crippen molar-refractivity contribution >= 4 is 22.8 Å². The molecule has 0 aromatic carbocycles. The van der Waals surface area contributed by atoms with Crippen LogP contribution in [0.3, 0.4) is 0 Å². The summed E-state index contributed by atoms with van der Waals surface area (Å²) in [6.07, 6.45) is 4.99. The standard InChI is InChI=1S/C16H22ClN3O/c1-10-6-4-5-7-13(10)20-15(11(2)17)18-12-8-9-14(21-3)19-16(12)20/h8-11,13H,4-7H2,1-3H3. The van der Waals surface area contributed by atoms with E-state index in [1.165, 1.54) is 25.7 Å². The third kappa shape index (κ3) is 2.61. The number of aromatic nitrogens is 3. The number of fused-ring (bicyclic) bond motifs is 1. The third-order valence-corrected chi connectivity index (χ3v) is 4.70. The highest BCUT2D eigenvalue weighted by molar-refractivity contribution is 6.20. The highest BCUT2D eigenvalue weighted by atomic mass is 35.5. The quantitative estimate of drug-likeness (QED) is 0.784. The Morgan fingerprint density at radius 2 is 2.05 bits per heavy atom. The van der Waals surface area contributed by atoms with Gasteiger partial charge in [0, 0.05) is 12.1 Å². The van der Waals surface area contributed by atoms with E-state index in [2.05, 4.69) is 16.5 Å². The van der Waals surface area contributed by atoms with Gasteiger partial charge in [-0.2, -0.15) is 4.98 Å². The summed E-state index contributed by atoms with van der Waals surface area (Å²) in [6.45, 7) is 4.29. The Bertz CT molecular complexity index is 638. The van der Waals surface area contributed by atoms with Crippen molar-refractivity contribution < 1.29 is 4.74 Å². The highest BCUT2D eigenvalue weighted by Gasteiger charge is 2.28. The average molecular weight is 308 g/mol. The number of methoxy groups -OCH3 is 1. The number of imidazole rings is 1. The van der Waals surface area contributed by atoms with Gasteiger partial charge in [0.15, 0.2) is 5.65 Å². The molecule has 2 heterocycles. The van der Waals surface area contributed by atoms with E-state index in [0.717, 1.165) is 17.0 Å². The van der Waals surface area contributed by atoms with Crippen LogP contribution in [0.5, 0.6) is 5.88 Å².